The first kappa shape index (κ1) is 13.4. The predicted octanol–water partition coefficient (Wildman–Crippen LogP) is 1.95. The van der Waals surface area contributed by atoms with Crippen LogP contribution in [-0.4, -0.2) is 23.6 Å². The molecule has 1 aromatic carbocycles. The lowest BCUT2D eigenvalue weighted by Crippen LogP contribution is -2.24. The Bertz CT molecular complexity index is 503. The Morgan fingerprint density at radius 2 is 1.79 bits per heavy atom. The molecule has 1 aromatic heterocycles. The highest BCUT2D eigenvalue weighted by Crippen LogP contribution is 2.09. The molecule has 0 saturated carbocycles. The highest BCUT2D eigenvalue weighted by atomic mass is 16.1. The minimum atomic E-state index is -0.0314. The number of nitrogens with zero attached hydrogens (tertiary/aromatic N) is 1. The van der Waals surface area contributed by atoms with Gasteiger partial charge in [-0.1, -0.05) is 0 Å². The molecule has 1 amide bonds. The summed E-state index contributed by atoms with van der Waals surface area (Å²) in [6.45, 7) is 1.34. The van der Waals surface area contributed by atoms with Crippen molar-refractivity contribution in [3.63, 3.8) is 0 Å². The number of hydrogen-bond donors (Lipinski definition) is 2. The van der Waals surface area contributed by atoms with Crippen molar-refractivity contribution in [2.75, 3.05) is 13.1 Å². The van der Waals surface area contributed by atoms with E-state index in [1.807, 2.05) is 53.4 Å². The molecule has 0 bridgehead atoms. The lowest BCUT2D eigenvalue weighted by Gasteiger charge is -2.06. The van der Waals surface area contributed by atoms with Crippen LogP contribution in [0.2, 0.25) is 0 Å². The summed E-state index contributed by atoms with van der Waals surface area (Å²) < 4.78 is 2.00. The van der Waals surface area contributed by atoms with E-state index < -0.39 is 0 Å². The molecule has 100 valence electrons. The molecule has 0 fully saturated rings. The number of carbonyl (C=O) groups excluding carboxylic acids is 1. The van der Waals surface area contributed by atoms with Crippen LogP contribution in [0.25, 0.3) is 5.69 Å². The molecule has 2 rings (SSSR count). The molecular weight excluding hydrogens is 238 g/mol. The zero-order valence-electron chi connectivity index (χ0n) is 10.9. The van der Waals surface area contributed by atoms with Crippen molar-refractivity contribution in [1.82, 2.24) is 9.88 Å². The number of nitrogens with one attached hydrogen (secondary N) is 1. The standard InChI is InChI=1S/C15H19N3O/c16-9-1-2-10-17-15(19)13-5-7-14(8-6-13)18-11-3-4-12-18/h3-8,11-12H,1-2,9-10,16H2,(H,17,19). The third kappa shape index (κ3) is 3.69. The molecule has 0 unspecified atom stereocenters. The van der Waals surface area contributed by atoms with E-state index in [1.54, 1.807) is 0 Å². The Morgan fingerprint density at radius 1 is 1.11 bits per heavy atom. The molecule has 0 aliphatic rings. The van der Waals surface area contributed by atoms with Gasteiger partial charge in [-0.05, 0) is 55.8 Å². The van der Waals surface area contributed by atoms with Crippen LogP contribution in [0.4, 0.5) is 0 Å². The van der Waals surface area contributed by atoms with Gasteiger partial charge in [0.2, 0.25) is 0 Å². The molecule has 0 aliphatic heterocycles. The normalized spacial score (nSPS) is 10.4. The van der Waals surface area contributed by atoms with Gasteiger partial charge in [0.25, 0.3) is 5.91 Å². The van der Waals surface area contributed by atoms with E-state index in [0.717, 1.165) is 18.5 Å². The maximum atomic E-state index is 11.9. The van der Waals surface area contributed by atoms with Crippen LogP contribution in [-0.2, 0) is 0 Å². The second-order valence-electron chi connectivity index (χ2n) is 4.39. The summed E-state index contributed by atoms with van der Waals surface area (Å²) >= 11 is 0. The first-order chi connectivity index (χ1) is 9.31. The lowest BCUT2D eigenvalue weighted by molar-refractivity contribution is 0.0953. The summed E-state index contributed by atoms with van der Waals surface area (Å²) in [5.41, 5.74) is 7.13. The molecule has 3 N–H and O–H groups in total. The lowest BCUT2D eigenvalue weighted by atomic mass is 10.2. The summed E-state index contributed by atoms with van der Waals surface area (Å²) in [5.74, 6) is -0.0314. The van der Waals surface area contributed by atoms with E-state index in [1.165, 1.54) is 0 Å². The van der Waals surface area contributed by atoms with Crippen molar-refractivity contribution in [3.05, 3.63) is 54.4 Å². The van der Waals surface area contributed by atoms with Crippen LogP contribution in [0.1, 0.15) is 23.2 Å². The Morgan fingerprint density at radius 3 is 2.42 bits per heavy atom. The summed E-state index contributed by atoms with van der Waals surface area (Å²) in [5, 5.41) is 2.89. The van der Waals surface area contributed by atoms with Gasteiger partial charge in [0, 0.05) is 30.2 Å². The Hall–Kier alpha value is -2.07. The first-order valence-electron chi connectivity index (χ1n) is 6.53. The fourth-order valence-electron chi connectivity index (χ4n) is 1.86. The van der Waals surface area contributed by atoms with Gasteiger partial charge in [0.1, 0.15) is 0 Å². The van der Waals surface area contributed by atoms with Crippen LogP contribution in [0, 0.1) is 0 Å². The van der Waals surface area contributed by atoms with Gasteiger partial charge < -0.3 is 15.6 Å². The Kier molecular flexibility index (Phi) is 4.75. The van der Waals surface area contributed by atoms with Crippen LogP contribution in [0.3, 0.4) is 0 Å². The zero-order chi connectivity index (χ0) is 13.5. The number of amides is 1. The van der Waals surface area contributed by atoms with Gasteiger partial charge in [-0.15, -0.1) is 0 Å². The number of rotatable bonds is 6. The second kappa shape index (κ2) is 6.75. The number of unbranched alkanes of at least 4 members (excludes halogenated alkanes) is 1. The van der Waals surface area contributed by atoms with Crippen molar-refractivity contribution in [3.8, 4) is 5.69 Å². The number of hydrogen-bond acceptors (Lipinski definition) is 2. The van der Waals surface area contributed by atoms with Crippen molar-refractivity contribution in [2.45, 2.75) is 12.8 Å². The molecule has 4 nitrogen and oxygen atoms in total. The topological polar surface area (TPSA) is 60.0 Å². The van der Waals surface area contributed by atoms with Gasteiger partial charge in [-0.2, -0.15) is 0 Å². The largest absolute Gasteiger partial charge is 0.352 e. The van der Waals surface area contributed by atoms with E-state index in [2.05, 4.69) is 5.32 Å². The number of carbonyl (C=O) groups is 1. The van der Waals surface area contributed by atoms with Gasteiger partial charge in [-0.25, -0.2) is 0 Å². The van der Waals surface area contributed by atoms with Crippen LogP contribution >= 0.6 is 0 Å². The molecule has 0 radical (unpaired) electrons. The molecule has 1 heterocycles. The molecule has 19 heavy (non-hydrogen) atoms. The van der Waals surface area contributed by atoms with Crippen LogP contribution in [0.5, 0.6) is 0 Å². The maximum Gasteiger partial charge on any atom is 0.251 e. The maximum absolute atomic E-state index is 11.9. The monoisotopic (exact) mass is 257 g/mol. The van der Waals surface area contributed by atoms with Gasteiger partial charge in [0.15, 0.2) is 0 Å². The van der Waals surface area contributed by atoms with E-state index in [4.69, 9.17) is 5.73 Å². The Labute approximate surface area is 113 Å². The van der Waals surface area contributed by atoms with Crippen molar-refractivity contribution < 1.29 is 4.79 Å². The van der Waals surface area contributed by atoms with Crippen molar-refractivity contribution >= 4 is 5.91 Å². The predicted molar refractivity (Wildman–Crippen MR) is 76.4 cm³/mol. The number of nitrogens with two attached hydrogens (primary N) is 1. The summed E-state index contributed by atoms with van der Waals surface area (Å²) in [7, 11) is 0. The second-order valence-corrected chi connectivity index (χ2v) is 4.39. The van der Waals surface area contributed by atoms with Crippen LogP contribution in [0.15, 0.2) is 48.8 Å². The zero-order valence-corrected chi connectivity index (χ0v) is 10.9. The SMILES string of the molecule is NCCCCNC(=O)c1ccc(-n2cccc2)cc1. The fourth-order valence-corrected chi connectivity index (χ4v) is 1.86. The third-order valence-corrected chi connectivity index (χ3v) is 2.95. The number of aromatic nitrogens is 1. The average Bonchev–Trinajstić information content (AvgIpc) is 2.98. The molecule has 0 atom stereocenters. The van der Waals surface area contributed by atoms with Crippen molar-refractivity contribution in [1.29, 1.82) is 0 Å². The molecule has 0 spiro atoms. The quantitative estimate of drug-likeness (QED) is 0.777. The van der Waals surface area contributed by atoms with Gasteiger partial charge >= 0.3 is 0 Å². The number of benzene rings is 1. The molecule has 2 aromatic rings. The van der Waals surface area contributed by atoms with E-state index in [0.29, 0.717) is 18.7 Å². The minimum absolute atomic E-state index is 0.0314. The first-order valence-corrected chi connectivity index (χ1v) is 6.53. The summed E-state index contributed by atoms with van der Waals surface area (Å²) in [4.78, 5) is 11.9. The van der Waals surface area contributed by atoms with Crippen molar-refractivity contribution in [2.24, 2.45) is 5.73 Å². The highest BCUT2D eigenvalue weighted by molar-refractivity contribution is 5.94. The summed E-state index contributed by atoms with van der Waals surface area (Å²) in [6.07, 6.45) is 5.81. The molecule has 0 saturated heterocycles. The Balaban J connectivity index is 1.93. The molecular formula is C15H19N3O. The van der Waals surface area contributed by atoms with E-state index in [-0.39, 0.29) is 5.91 Å². The minimum Gasteiger partial charge on any atom is -0.352 e. The van der Waals surface area contributed by atoms with Crippen LogP contribution < -0.4 is 11.1 Å². The molecule has 0 aliphatic carbocycles. The smallest absolute Gasteiger partial charge is 0.251 e. The summed E-state index contributed by atoms with van der Waals surface area (Å²) in [6, 6.07) is 11.5. The van der Waals surface area contributed by atoms with Gasteiger partial charge in [0.05, 0.1) is 0 Å². The fraction of sp³-hybridized carbons (Fsp3) is 0.267. The van der Waals surface area contributed by atoms with E-state index >= 15 is 0 Å². The molecule has 4 heteroatoms. The highest BCUT2D eigenvalue weighted by Gasteiger charge is 2.04. The average molecular weight is 257 g/mol. The van der Waals surface area contributed by atoms with E-state index in [9.17, 15) is 4.79 Å². The van der Waals surface area contributed by atoms with Gasteiger partial charge in [-0.3, -0.25) is 4.79 Å². The third-order valence-electron chi connectivity index (χ3n) is 2.95.